The highest BCUT2D eigenvalue weighted by molar-refractivity contribution is 4.91. The predicted octanol–water partition coefficient (Wildman–Crippen LogP) is 2.80. The lowest BCUT2D eigenvalue weighted by molar-refractivity contribution is 0.179. The number of hydrogen-bond donors (Lipinski definition) is 0. The van der Waals surface area contributed by atoms with E-state index >= 15 is 0 Å². The van der Waals surface area contributed by atoms with E-state index in [9.17, 15) is 0 Å². The van der Waals surface area contributed by atoms with Crippen LogP contribution in [0.25, 0.3) is 0 Å². The summed E-state index contributed by atoms with van der Waals surface area (Å²) in [5.74, 6) is 1.14. The van der Waals surface area contributed by atoms with Crippen molar-refractivity contribution in [1.29, 1.82) is 5.26 Å². The van der Waals surface area contributed by atoms with Crippen molar-refractivity contribution in [3.8, 4) is 6.07 Å². The first-order valence-electron chi connectivity index (χ1n) is 6.45. The minimum absolute atomic E-state index is 0.201. The molecule has 15 heavy (non-hydrogen) atoms. The Morgan fingerprint density at radius 3 is 2.67 bits per heavy atom. The maximum atomic E-state index is 8.87. The zero-order chi connectivity index (χ0) is 10.7. The van der Waals surface area contributed by atoms with Crippen LogP contribution in [0.1, 0.15) is 45.4 Å². The standard InChI is InChI=1S/C13H22N2/c1-11(9-14)10-15-8-4-7-13(15)12-5-2-3-6-12/h11-13H,2-8,10H2,1H3. The monoisotopic (exact) mass is 206 g/mol. The van der Waals surface area contributed by atoms with E-state index < -0.39 is 0 Å². The van der Waals surface area contributed by atoms with Crippen molar-refractivity contribution in [2.45, 2.75) is 51.5 Å². The van der Waals surface area contributed by atoms with Crippen LogP contribution < -0.4 is 0 Å². The molecule has 0 N–H and O–H groups in total. The van der Waals surface area contributed by atoms with Gasteiger partial charge in [-0.2, -0.15) is 5.26 Å². The van der Waals surface area contributed by atoms with Crippen molar-refractivity contribution in [3.63, 3.8) is 0 Å². The fourth-order valence-corrected chi connectivity index (χ4v) is 3.35. The van der Waals surface area contributed by atoms with Crippen LogP contribution in [0.3, 0.4) is 0 Å². The van der Waals surface area contributed by atoms with Crippen molar-refractivity contribution in [1.82, 2.24) is 4.90 Å². The highest BCUT2D eigenvalue weighted by atomic mass is 15.2. The Morgan fingerprint density at radius 1 is 1.27 bits per heavy atom. The smallest absolute Gasteiger partial charge is 0.0666 e. The molecule has 0 radical (unpaired) electrons. The molecule has 2 fully saturated rings. The molecule has 84 valence electrons. The summed E-state index contributed by atoms with van der Waals surface area (Å²) < 4.78 is 0. The second-order valence-corrected chi connectivity index (χ2v) is 5.28. The number of likely N-dealkylation sites (tertiary alicyclic amines) is 1. The average molecular weight is 206 g/mol. The summed E-state index contributed by atoms with van der Waals surface area (Å²) in [6, 6.07) is 3.17. The summed E-state index contributed by atoms with van der Waals surface area (Å²) >= 11 is 0. The van der Waals surface area contributed by atoms with Crippen LogP contribution in [-0.4, -0.2) is 24.0 Å². The molecule has 1 saturated heterocycles. The lowest BCUT2D eigenvalue weighted by Gasteiger charge is -2.29. The molecule has 0 spiro atoms. The largest absolute Gasteiger partial charge is 0.299 e. The molecule has 0 aromatic rings. The fraction of sp³-hybridized carbons (Fsp3) is 0.923. The molecule has 2 atom stereocenters. The molecule has 0 bridgehead atoms. The van der Waals surface area contributed by atoms with Gasteiger partial charge in [-0.3, -0.25) is 4.90 Å². The first-order chi connectivity index (χ1) is 7.31. The maximum Gasteiger partial charge on any atom is 0.0666 e. The first kappa shape index (κ1) is 11.0. The van der Waals surface area contributed by atoms with Crippen molar-refractivity contribution in [2.24, 2.45) is 11.8 Å². The van der Waals surface area contributed by atoms with Gasteiger partial charge in [-0.15, -0.1) is 0 Å². The zero-order valence-electron chi connectivity index (χ0n) is 9.78. The van der Waals surface area contributed by atoms with Gasteiger partial charge in [0.2, 0.25) is 0 Å². The third-order valence-electron chi connectivity index (χ3n) is 4.09. The van der Waals surface area contributed by atoms with E-state index in [2.05, 4.69) is 11.0 Å². The molecule has 0 aromatic carbocycles. The van der Waals surface area contributed by atoms with Crippen molar-refractivity contribution in [3.05, 3.63) is 0 Å². The molecule has 1 aliphatic heterocycles. The van der Waals surface area contributed by atoms with Crippen LogP contribution in [0.15, 0.2) is 0 Å². The molecular formula is C13H22N2. The van der Waals surface area contributed by atoms with E-state index in [1.807, 2.05) is 6.92 Å². The third kappa shape index (κ3) is 2.52. The Labute approximate surface area is 93.3 Å². The molecule has 1 aliphatic carbocycles. The highest BCUT2D eigenvalue weighted by Crippen LogP contribution is 2.35. The zero-order valence-corrected chi connectivity index (χ0v) is 9.78. The minimum atomic E-state index is 0.201. The molecule has 2 aliphatic rings. The molecular weight excluding hydrogens is 184 g/mol. The van der Waals surface area contributed by atoms with Gasteiger partial charge in [-0.25, -0.2) is 0 Å². The van der Waals surface area contributed by atoms with Crippen LogP contribution in [-0.2, 0) is 0 Å². The van der Waals surface area contributed by atoms with E-state index in [-0.39, 0.29) is 5.92 Å². The van der Waals surface area contributed by atoms with E-state index in [1.54, 1.807) is 0 Å². The summed E-state index contributed by atoms with van der Waals surface area (Å²) in [6.07, 6.45) is 8.46. The van der Waals surface area contributed by atoms with Crippen LogP contribution in [0.5, 0.6) is 0 Å². The maximum absolute atomic E-state index is 8.87. The van der Waals surface area contributed by atoms with E-state index in [4.69, 9.17) is 5.26 Å². The van der Waals surface area contributed by atoms with Gasteiger partial charge in [0.25, 0.3) is 0 Å². The minimum Gasteiger partial charge on any atom is -0.299 e. The van der Waals surface area contributed by atoms with E-state index in [0.717, 1.165) is 18.5 Å². The van der Waals surface area contributed by atoms with Gasteiger partial charge in [0, 0.05) is 12.6 Å². The third-order valence-corrected chi connectivity index (χ3v) is 4.09. The summed E-state index contributed by atoms with van der Waals surface area (Å²) in [6.45, 7) is 4.27. The van der Waals surface area contributed by atoms with Gasteiger partial charge >= 0.3 is 0 Å². The quantitative estimate of drug-likeness (QED) is 0.710. The molecule has 2 nitrogen and oxygen atoms in total. The predicted molar refractivity (Wildman–Crippen MR) is 61.3 cm³/mol. The molecule has 2 unspecified atom stereocenters. The lowest BCUT2D eigenvalue weighted by Crippen LogP contribution is -2.37. The topological polar surface area (TPSA) is 27.0 Å². The molecule has 0 amide bonds. The second kappa shape index (κ2) is 4.99. The number of nitriles is 1. The van der Waals surface area contributed by atoms with Crippen molar-refractivity contribution in [2.75, 3.05) is 13.1 Å². The van der Waals surface area contributed by atoms with E-state index in [0.29, 0.717) is 0 Å². The number of hydrogen-bond acceptors (Lipinski definition) is 2. The van der Waals surface area contributed by atoms with Crippen LogP contribution >= 0.6 is 0 Å². The summed E-state index contributed by atoms with van der Waals surface area (Å²) in [5.41, 5.74) is 0. The molecule has 2 heteroatoms. The summed E-state index contributed by atoms with van der Waals surface area (Å²) in [7, 11) is 0. The summed E-state index contributed by atoms with van der Waals surface area (Å²) in [5, 5.41) is 8.87. The molecule has 1 saturated carbocycles. The Balaban J connectivity index is 1.90. The Bertz CT molecular complexity index is 237. The van der Waals surface area contributed by atoms with Gasteiger partial charge in [0.1, 0.15) is 0 Å². The number of rotatable bonds is 3. The molecule has 0 aromatic heterocycles. The van der Waals surface area contributed by atoms with Crippen molar-refractivity contribution < 1.29 is 0 Å². The lowest BCUT2D eigenvalue weighted by atomic mass is 9.95. The van der Waals surface area contributed by atoms with Gasteiger partial charge < -0.3 is 0 Å². The van der Waals surface area contributed by atoms with Gasteiger partial charge in [0.15, 0.2) is 0 Å². The molecule has 2 rings (SSSR count). The summed E-state index contributed by atoms with van der Waals surface area (Å²) in [4.78, 5) is 2.59. The Morgan fingerprint density at radius 2 is 2.00 bits per heavy atom. The number of nitrogens with zero attached hydrogens (tertiary/aromatic N) is 2. The average Bonchev–Trinajstić information content (AvgIpc) is 2.86. The van der Waals surface area contributed by atoms with Crippen LogP contribution in [0.2, 0.25) is 0 Å². The van der Waals surface area contributed by atoms with Gasteiger partial charge in [0.05, 0.1) is 12.0 Å². The fourth-order valence-electron chi connectivity index (χ4n) is 3.35. The Hall–Kier alpha value is -0.550. The second-order valence-electron chi connectivity index (χ2n) is 5.28. The van der Waals surface area contributed by atoms with Crippen LogP contribution in [0, 0.1) is 23.2 Å². The van der Waals surface area contributed by atoms with Crippen molar-refractivity contribution >= 4 is 0 Å². The van der Waals surface area contributed by atoms with Crippen LogP contribution in [0.4, 0.5) is 0 Å². The van der Waals surface area contributed by atoms with Gasteiger partial charge in [-0.1, -0.05) is 12.8 Å². The van der Waals surface area contributed by atoms with E-state index in [1.165, 1.54) is 45.1 Å². The highest BCUT2D eigenvalue weighted by Gasteiger charge is 2.33. The normalized spacial score (nSPS) is 30.5. The SMILES string of the molecule is CC(C#N)CN1CCCC1C1CCCC1. The molecule has 1 heterocycles. The van der Waals surface area contributed by atoms with Gasteiger partial charge in [-0.05, 0) is 45.1 Å². The Kier molecular flexibility index (Phi) is 3.64. The first-order valence-corrected chi connectivity index (χ1v) is 6.45.